The molecular formula is C14H22N2O4S. The van der Waals surface area contributed by atoms with Crippen molar-refractivity contribution in [3.63, 3.8) is 0 Å². The van der Waals surface area contributed by atoms with E-state index >= 15 is 0 Å². The minimum atomic E-state index is -3.22. The van der Waals surface area contributed by atoms with Gasteiger partial charge < -0.3 is 15.4 Å². The molecular weight excluding hydrogens is 292 g/mol. The zero-order valence-electron chi connectivity index (χ0n) is 12.7. The Bertz CT molecular complexity index is 583. The first-order valence-electron chi connectivity index (χ1n) is 6.49. The smallest absolute Gasteiger partial charge is 0.242 e. The second-order valence-corrected chi connectivity index (χ2v) is 7.04. The van der Waals surface area contributed by atoms with Gasteiger partial charge in [0, 0.05) is 20.4 Å². The van der Waals surface area contributed by atoms with Crippen LogP contribution in [0, 0.1) is 0 Å². The first kappa shape index (κ1) is 17.6. The molecule has 1 aromatic carbocycles. The summed E-state index contributed by atoms with van der Waals surface area (Å²) in [6.07, 6.45) is 1.16. The van der Waals surface area contributed by atoms with Crippen LogP contribution in [0.4, 0.5) is 0 Å². The van der Waals surface area contributed by atoms with Crippen LogP contribution in [0.1, 0.15) is 18.5 Å². The van der Waals surface area contributed by atoms with E-state index in [0.717, 1.165) is 11.8 Å². The largest absolute Gasteiger partial charge is 0.383 e. The summed E-state index contributed by atoms with van der Waals surface area (Å²) in [5.74, 6) is -0.225. The van der Waals surface area contributed by atoms with E-state index in [1.54, 1.807) is 19.2 Å². The SMILES string of the molecule is COCC(N)C(=O)N(C)C(C)c1ccc(S(C)(=O)=O)cc1. The van der Waals surface area contributed by atoms with E-state index in [1.165, 1.54) is 24.1 Å². The average molecular weight is 314 g/mol. The van der Waals surface area contributed by atoms with Gasteiger partial charge in [0.05, 0.1) is 17.5 Å². The van der Waals surface area contributed by atoms with Gasteiger partial charge in [0.1, 0.15) is 6.04 Å². The normalized spacial score (nSPS) is 14.5. The Labute approximate surface area is 125 Å². The molecule has 118 valence electrons. The molecule has 21 heavy (non-hydrogen) atoms. The molecule has 0 saturated heterocycles. The fourth-order valence-corrected chi connectivity index (χ4v) is 2.55. The molecule has 6 nitrogen and oxygen atoms in total. The lowest BCUT2D eigenvalue weighted by atomic mass is 10.1. The molecule has 0 bridgehead atoms. The number of carbonyl (C=O) groups is 1. The Kier molecular flexibility index (Phi) is 5.88. The van der Waals surface area contributed by atoms with Crippen LogP contribution < -0.4 is 5.73 Å². The third kappa shape index (κ3) is 4.52. The van der Waals surface area contributed by atoms with Crippen LogP contribution in [0.15, 0.2) is 29.2 Å². The second kappa shape index (κ2) is 7.02. The second-order valence-electron chi connectivity index (χ2n) is 5.03. The number of ether oxygens (including phenoxy) is 1. The number of rotatable bonds is 6. The maximum absolute atomic E-state index is 12.1. The van der Waals surface area contributed by atoms with Crippen molar-refractivity contribution >= 4 is 15.7 Å². The van der Waals surface area contributed by atoms with Gasteiger partial charge in [0.25, 0.3) is 0 Å². The number of benzene rings is 1. The molecule has 2 N–H and O–H groups in total. The molecule has 0 aliphatic rings. The number of sulfone groups is 1. The monoisotopic (exact) mass is 314 g/mol. The van der Waals surface area contributed by atoms with Crippen molar-refractivity contribution in [2.75, 3.05) is 27.0 Å². The van der Waals surface area contributed by atoms with Crippen LogP contribution in [0.5, 0.6) is 0 Å². The Hall–Kier alpha value is -1.44. The summed E-state index contributed by atoms with van der Waals surface area (Å²) in [6, 6.07) is 5.55. The number of carbonyl (C=O) groups excluding carboxylic acids is 1. The van der Waals surface area contributed by atoms with Crippen LogP contribution in [-0.2, 0) is 19.4 Å². The van der Waals surface area contributed by atoms with Crippen LogP contribution in [0.25, 0.3) is 0 Å². The van der Waals surface area contributed by atoms with Gasteiger partial charge in [-0.1, -0.05) is 12.1 Å². The minimum absolute atomic E-state index is 0.156. The van der Waals surface area contributed by atoms with E-state index in [2.05, 4.69) is 0 Å². The predicted octanol–water partition coefficient (Wildman–Crippen LogP) is 0.583. The number of amides is 1. The highest BCUT2D eigenvalue weighted by molar-refractivity contribution is 7.90. The Morgan fingerprint density at radius 2 is 1.86 bits per heavy atom. The van der Waals surface area contributed by atoms with E-state index in [0.29, 0.717) is 0 Å². The lowest BCUT2D eigenvalue weighted by molar-refractivity contribution is -0.134. The van der Waals surface area contributed by atoms with E-state index < -0.39 is 15.9 Å². The topological polar surface area (TPSA) is 89.7 Å². The Balaban J connectivity index is 2.88. The molecule has 0 fully saturated rings. The Morgan fingerprint density at radius 1 is 1.33 bits per heavy atom. The van der Waals surface area contributed by atoms with Gasteiger partial charge >= 0.3 is 0 Å². The summed E-state index contributed by atoms with van der Waals surface area (Å²) in [5, 5.41) is 0. The van der Waals surface area contributed by atoms with Crippen molar-refractivity contribution in [3.05, 3.63) is 29.8 Å². The van der Waals surface area contributed by atoms with E-state index in [9.17, 15) is 13.2 Å². The number of nitrogens with zero attached hydrogens (tertiary/aromatic N) is 1. The highest BCUT2D eigenvalue weighted by Gasteiger charge is 2.23. The summed E-state index contributed by atoms with van der Waals surface area (Å²) in [7, 11) is -0.0734. The third-order valence-electron chi connectivity index (χ3n) is 3.38. The third-order valence-corrected chi connectivity index (χ3v) is 4.51. The van der Waals surface area contributed by atoms with Gasteiger partial charge in [-0.2, -0.15) is 0 Å². The maximum Gasteiger partial charge on any atom is 0.242 e. The fourth-order valence-electron chi connectivity index (χ4n) is 1.92. The molecule has 0 aromatic heterocycles. The average Bonchev–Trinajstić information content (AvgIpc) is 2.44. The van der Waals surface area contributed by atoms with E-state index in [4.69, 9.17) is 10.5 Å². The van der Waals surface area contributed by atoms with Crippen molar-refractivity contribution in [1.29, 1.82) is 0 Å². The molecule has 0 radical (unpaired) electrons. The highest BCUT2D eigenvalue weighted by Crippen LogP contribution is 2.21. The van der Waals surface area contributed by atoms with Crippen molar-refractivity contribution < 1.29 is 17.9 Å². The molecule has 2 unspecified atom stereocenters. The molecule has 0 saturated carbocycles. The molecule has 0 heterocycles. The van der Waals surface area contributed by atoms with E-state index in [1.807, 2.05) is 6.92 Å². The first-order chi connectivity index (χ1) is 9.68. The van der Waals surface area contributed by atoms with Gasteiger partial charge in [0.2, 0.25) is 5.91 Å². The number of likely N-dealkylation sites (N-methyl/N-ethyl adjacent to an activating group) is 1. The molecule has 0 spiro atoms. The van der Waals surface area contributed by atoms with Crippen molar-refractivity contribution in [2.24, 2.45) is 5.73 Å². The quantitative estimate of drug-likeness (QED) is 0.829. The predicted molar refractivity (Wildman–Crippen MR) is 80.6 cm³/mol. The minimum Gasteiger partial charge on any atom is -0.383 e. The Morgan fingerprint density at radius 3 is 2.29 bits per heavy atom. The zero-order valence-corrected chi connectivity index (χ0v) is 13.6. The standard InChI is InChI=1S/C14H22N2O4S/c1-10(16(2)14(17)13(15)9-20-3)11-5-7-12(8-6-11)21(4,18)19/h5-8,10,13H,9,15H2,1-4H3. The molecule has 1 aromatic rings. The molecule has 2 atom stereocenters. The van der Waals surface area contributed by atoms with Crippen LogP contribution in [0.2, 0.25) is 0 Å². The number of nitrogens with two attached hydrogens (primary N) is 1. The van der Waals surface area contributed by atoms with Crippen LogP contribution in [-0.4, -0.2) is 52.3 Å². The van der Waals surface area contributed by atoms with Crippen LogP contribution >= 0.6 is 0 Å². The summed E-state index contributed by atoms with van der Waals surface area (Å²) in [4.78, 5) is 13.9. The molecule has 7 heteroatoms. The summed E-state index contributed by atoms with van der Waals surface area (Å²) in [5.41, 5.74) is 6.57. The van der Waals surface area contributed by atoms with Gasteiger partial charge in [-0.3, -0.25) is 4.79 Å². The van der Waals surface area contributed by atoms with Crippen molar-refractivity contribution in [2.45, 2.75) is 23.9 Å². The maximum atomic E-state index is 12.1. The van der Waals surface area contributed by atoms with Gasteiger partial charge in [-0.15, -0.1) is 0 Å². The lowest BCUT2D eigenvalue weighted by Crippen LogP contribution is -2.45. The van der Waals surface area contributed by atoms with Gasteiger partial charge in [-0.25, -0.2) is 8.42 Å². The van der Waals surface area contributed by atoms with Crippen molar-refractivity contribution in [1.82, 2.24) is 4.90 Å². The summed E-state index contributed by atoms with van der Waals surface area (Å²) in [6.45, 7) is 2.01. The van der Waals surface area contributed by atoms with Crippen LogP contribution in [0.3, 0.4) is 0 Å². The lowest BCUT2D eigenvalue weighted by Gasteiger charge is -2.27. The van der Waals surface area contributed by atoms with E-state index in [-0.39, 0.29) is 23.5 Å². The summed E-state index contributed by atoms with van der Waals surface area (Å²) < 4.78 is 27.7. The number of hydrogen-bond donors (Lipinski definition) is 1. The zero-order chi connectivity index (χ0) is 16.2. The number of hydrogen-bond acceptors (Lipinski definition) is 5. The molecule has 1 rings (SSSR count). The molecule has 1 amide bonds. The number of methoxy groups -OCH3 is 1. The fraction of sp³-hybridized carbons (Fsp3) is 0.500. The molecule has 0 aliphatic carbocycles. The molecule has 0 aliphatic heterocycles. The first-order valence-corrected chi connectivity index (χ1v) is 8.38. The van der Waals surface area contributed by atoms with Gasteiger partial charge in [0.15, 0.2) is 9.84 Å². The highest BCUT2D eigenvalue weighted by atomic mass is 32.2. The van der Waals surface area contributed by atoms with Gasteiger partial charge in [-0.05, 0) is 24.6 Å². The summed E-state index contributed by atoms with van der Waals surface area (Å²) >= 11 is 0. The van der Waals surface area contributed by atoms with Crippen molar-refractivity contribution in [3.8, 4) is 0 Å².